The van der Waals surface area contributed by atoms with Crippen LogP contribution in [-0.4, -0.2) is 13.5 Å². The summed E-state index contributed by atoms with van der Waals surface area (Å²) in [7, 11) is -4.47. The Morgan fingerprint density at radius 2 is 1.60 bits per heavy atom. The van der Waals surface area contributed by atoms with E-state index in [2.05, 4.69) is 0 Å². The Kier molecular flexibility index (Phi) is 6.67. The number of aromatic hydroxyl groups is 1. The first-order chi connectivity index (χ1) is 13.8. The molecule has 0 aliphatic carbocycles. The van der Waals surface area contributed by atoms with E-state index in [1.54, 1.807) is 18.2 Å². The number of allylic oxidation sites excluding steroid dienone is 1. The summed E-state index contributed by atoms with van der Waals surface area (Å²) in [4.78, 5) is -1.30. The van der Waals surface area contributed by atoms with Gasteiger partial charge < -0.3 is 5.11 Å². The Morgan fingerprint density at radius 3 is 2.03 bits per heavy atom. The van der Waals surface area contributed by atoms with Crippen LogP contribution < -0.4 is 0 Å². The Labute approximate surface area is 174 Å². The van der Waals surface area contributed by atoms with Crippen molar-refractivity contribution in [2.45, 2.75) is 50.6 Å². The first-order valence-corrected chi connectivity index (χ1v) is 10.7. The maximum atomic E-state index is 13.0. The zero-order valence-electron chi connectivity index (χ0n) is 16.9. The lowest BCUT2D eigenvalue weighted by Gasteiger charge is -2.16. The highest BCUT2D eigenvalue weighted by Crippen LogP contribution is 2.36. The molecular weight excluding hydrogens is 415 g/mol. The van der Waals surface area contributed by atoms with E-state index >= 15 is 0 Å². The molecule has 0 atom stereocenters. The summed E-state index contributed by atoms with van der Waals surface area (Å²) in [6.07, 6.45) is -3.59. The fourth-order valence-corrected chi connectivity index (χ4v) is 4.16. The lowest BCUT2D eigenvalue weighted by atomic mass is 9.91. The van der Waals surface area contributed by atoms with E-state index in [0.29, 0.717) is 22.8 Å². The van der Waals surface area contributed by atoms with Crippen LogP contribution in [0, 0.1) is 11.3 Å². The van der Waals surface area contributed by atoms with E-state index in [0.717, 1.165) is 24.3 Å². The van der Waals surface area contributed by atoms with Gasteiger partial charge in [-0.15, -0.1) is 0 Å². The largest absolute Gasteiger partial charge is 0.507 e. The van der Waals surface area contributed by atoms with Gasteiger partial charge in [-0.25, -0.2) is 8.42 Å². The van der Waals surface area contributed by atoms with E-state index in [-0.39, 0.29) is 17.6 Å². The van der Waals surface area contributed by atoms with Gasteiger partial charge >= 0.3 is 6.18 Å². The maximum Gasteiger partial charge on any atom is 0.416 e. The van der Waals surface area contributed by atoms with Crippen molar-refractivity contribution in [3.05, 3.63) is 63.6 Å². The molecule has 0 saturated carbocycles. The van der Waals surface area contributed by atoms with Gasteiger partial charge in [-0.3, -0.25) is 0 Å². The molecule has 0 fully saturated rings. The molecule has 0 aromatic heterocycles. The number of phenolic OH excluding ortho intramolecular Hbond substituents is 1. The van der Waals surface area contributed by atoms with Crippen molar-refractivity contribution in [3.8, 4) is 11.8 Å². The molecule has 0 aliphatic rings. The summed E-state index contributed by atoms with van der Waals surface area (Å²) in [5.74, 6) is -0.0284. The lowest BCUT2D eigenvalue weighted by molar-refractivity contribution is -0.137. The molecule has 8 heteroatoms. The monoisotopic (exact) mass is 437 g/mol. The third-order valence-electron chi connectivity index (χ3n) is 4.60. The van der Waals surface area contributed by atoms with Crippen molar-refractivity contribution in [3.63, 3.8) is 0 Å². The number of benzene rings is 2. The highest BCUT2D eigenvalue weighted by molar-refractivity contribution is 7.95. The van der Waals surface area contributed by atoms with E-state index in [1.807, 2.05) is 27.7 Å². The lowest BCUT2D eigenvalue weighted by Crippen LogP contribution is -2.09. The maximum absolute atomic E-state index is 13.0. The zero-order valence-corrected chi connectivity index (χ0v) is 17.8. The number of hydrogen-bond acceptors (Lipinski definition) is 4. The van der Waals surface area contributed by atoms with Gasteiger partial charge in [0.1, 0.15) is 16.7 Å². The Bertz CT molecular complexity index is 1100. The van der Waals surface area contributed by atoms with Crippen molar-refractivity contribution in [1.29, 1.82) is 5.26 Å². The van der Waals surface area contributed by atoms with Gasteiger partial charge in [-0.1, -0.05) is 33.8 Å². The van der Waals surface area contributed by atoms with Crippen LogP contribution >= 0.6 is 0 Å². The topological polar surface area (TPSA) is 78.2 Å². The number of phenols is 1. The number of nitriles is 1. The second-order valence-electron chi connectivity index (χ2n) is 7.51. The van der Waals surface area contributed by atoms with Gasteiger partial charge in [-0.2, -0.15) is 18.4 Å². The molecule has 2 aromatic carbocycles. The number of hydrogen-bond donors (Lipinski definition) is 1. The van der Waals surface area contributed by atoms with E-state index in [1.165, 1.54) is 0 Å². The fourth-order valence-electron chi connectivity index (χ4n) is 2.96. The number of rotatable bonds is 5. The fraction of sp³-hybridized carbons (Fsp3) is 0.318. The van der Waals surface area contributed by atoms with Crippen LogP contribution in [-0.2, 0) is 16.0 Å². The predicted molar refractivity (Wildman–Crippen MR) is 109 cm³/mol. The molecule has 4 nitrogen and oxygen atoms in total. The second-order valence-corrected chi connectivity index (χ2v) is 9.42. The molecule has 0 saturated heterocycles. The van der Waals surface area contributed by atoms with Crippen molar-refractivity contribution in [2.75, 3.05) is 0 Å². The minimum absolute atomic E-state index is 0.0681. The second kappa shape index (κ2) is 8.52. The van der Waals surface area contributed by atoms with Crippen LogP contribution in [0.1, 0.15) is 61.8 Å². The molecule has 0 amide bonds. The highest BCUT2D eigenvalue weighted by atomic mass is 32.2. The molecule has 0 bridgehead atoms. The van der Waals surface area contributed by atoms with Gasteiger partial charge in [0.15, 0.2) is 0 Å². The Balaban J connectivity index is 2.66. The number of alkyl halides is 3. The SMILES string of the molecule is CC(C)c1cc(/C=C(/C#N)S(=O)(=O)c2cccc(C(F)(F)F)c2)cc(C(C)C)c1O. The van der Waals surface area contributed by atoms with Gasteiger partial charge in [0.2, 0.25) is 9.84 Å². The van der Waals surface area contributed by atoms with Gasteiger partial charge in [-0.05, 0) is 64.9 Å². The van der Waals surface area contributed by atoms with Crippen molar-refractivity contribution in [1.82, 2.24) is 0 Å². The predicted octanol–water partition coefficient (Wildman–Crippen LogP) is 6.00. The third-order valence-corrected chi connectivity index (χ3v) is 6.27. The molecule has 160 valence electrons. The summed E-state index contributed by atoms with van der Waals surface area (Å²) >= 11 is 0. The summed E-state index contributed by atoms with van der Waals surface area (Å²) in [6.45, 7) is 7.43. The average Bonchev–Trinajstić information content (AvgIpc) is 2.65. The number of nitrogens with zero attached hydrogens (tertiary/aromatic N) is 1. The van der Waals surface area contributed by atoms with Gasteiger partial charge in [0.25, 0.3) is 0 Å². The molecule has 0 aliphatic heterocycles. The molecule has 2 rings (SSSR count). The highest BCUT2D eigenvalue weighted by Gasteiger charge is 2.32. The number of sulfone groups is 1. The van der Waals surface area contributed by atoms with Crippen molar-refractivity contribution in [2.24, 2.45) is 0 Å². The van der Waals surface area contributed by atoms with Crippen LogP contribution in [0.25, 0.3) is 6.08 Å². The van der Waals surface area contributed by atoms with Gasteiger partial charge in [0, 0.05) is 0 Å². The minimum atomic E-state index is -4.71. The van der Waals surface area contributed by atoms with E-state index in [4.69, 9.17) is 0 Å². The normalized spacial score (nSPS) is 13.0. The van der Waals surface area contributed by atoms with Crippen molar-refractivity contribution < 1.29 is 26.7 Å². The van der Waals surface area contributed by atoms with Crippen molar-refractivity contribution >= 4 is 15.9 Å². The van der Waals surface area contributed by atoms with Crippen LogP contribution in [0.2, 0.25) is 0 Å². The summed E-state index contributed by atoms with van der Waals surface area (Å²) in [5, 5.41) is 19.9. The summed E-state index contributed by atoms with van der Waals surface area (Å²) in [6, 6.07) is 8.01. The summed E-state index contributed by atoms with van der Waals surface area (Å²) < 4.78 is 64.6. The van der Waals surface area contributed by atoms with E-state index < -0.39 is 31.4 Å². The minimum Gasteiger partial charge on any atom is -0.507 e. The number of halogens is 3. The molecule has 0 spiro atoms. The standard InChI is InChI=1S/C22H22F3NO3S/c1-13(2)19-9-15(10-20(14(3)4)21(19)27)8-18(12-26)30(28,29)17-7-5-6-16(11-17)22(23,24)25/h5-11,13-14,27H,1-4H3/b18-8-. The Morgan fingerprint density at radius 1 is 1.07 bits per heavy atom. The molecule has 30 heavy (non-hydrogen) atoms. The Hall–Kier alpha value is -2.79. The summed E-state index contributed by atoms with van der Waals surface area (Å²) in [5.41, 5.74) is 0.421. The third kappa shape index (κ3) is 4.85. The average molecular weight is 437 g/mol. The van der Waals surface area contributed by atoms with E-state index in [9.17, 15) is 32.0 Å². The smallest absolute Gasteiger partial charge is 0.416 e. The zero-order chi connectivity index (χ0) is 22.9. The quantitative estimate of drug-likeness (QED) is 0.582. The van der Waals surface area contributed by atoms with Gasteiger partial charge in [0.05, 0.1) is 10.5 Å². The molecular formula is C22H22F3NO3S. The van der Waals surface area contributed by atoms with Crippen LogP contribution in [0.15, 0.2) is 46.2 Å². The molecule has 0 heterocycles. The van der Waals surface area contributed by atoms with Crippen LogP contribution in [0.5, 0.6) is 5.75 Å². The molecule has 0 unspecified atom stereocenters. The molecule has 0 radical (unpaired) electrons. The first-order valence-electron chi connectivity index (χ1n) is 9.20. The molecule has 1 N–H and O–H groups in total. The van der Waals surface area contributed by atoms with Crippen LogP contribution in [0.3, 0.4) is 0 Å². The van der Waals surface area contributed by atoms with Crippen LogP contribution in [0.4, 0.5) is 13.2 Å². The molecule has 2 aromatic rings. The first kappa shape index (κ1) is 23.5.